The summed E-state index contributed by atoms with van der Waals surface area (Å²) in [7, 11) is 0. The molecule has 1 N–H and O–H groups in total. The minimum atomic E-state index is -0.200. The Balaban J connectivity index is 1.60. The van der Waals surface area contributed by atoms with Gasteiger partial charge >= 0.3 is 0 Å². The van der Waals surface area contributed by atoms with E-state index in [0.717, 1.165) is 29.5 Å². The molecule has 0 saturated carbocycles. The van der Waals surface area contributed by atoms with Gasteiger partial charge in [0.15, 0.2) is 0 Å². The number of hydrogen-bond donors (Lipinski definition) is 1. The van der Waals surface area contributed by atoms with E-state index in [1.165, 1.54) is 11.3 Å². The minimum Gasteiger partial charge on any atom is -0.378 e. The highest BCUT2D eigenvalue weighted by Crippen LogP contribution is 2.32. The molecule has 6 nitrogen and oxygen atoms in total. The fourth-order valence-electron chi connectivity index (χ4n) is 3.07. The van der Waals surface area contributed by atoms with Crippen LogP contribution in [-0.2, 0) is 4.74 Å². The van der Waals surface area contributed by atoms with Crippen LogP contribution in [0.15, 0.2) is 42.6 Å². The average molecular weight is 415 g/mol. The number of nitrogens with zero attached hydrogens (tertiary/aromatic N) is 3. The Kier molecular flexibility index (Phi) is 5.57. The van der Waals surface area contributed by atoms with Crippen LogP contribution in [-0.4, -0.2) is 42.2 Å². The highest BCUT2D eigenvalue weighted by molar-refractivity contribution is 7.17. The molecule has 144 valence electrons. The molecule has 3 aromatic rings. The zero-order valence-electron chi connectivity index (χ0n) is 15.3. The summed E-state index contributed by atoms with van der Waals surface area (Å²) in [5.41, 5.74) is 3.06. The summed E-state index contributed by atoms with van der Waals surface area (Å²) in [6.45, 7) is 4.70. The molecule has 8 heteroatoms. The standard InChI is InChI=1S/C20H19ClN4O2S/c1-13-18(28-20(23-13)15-4-2-3-7-22-15)19(26)24-16-12-14(21)5-6-17(16)25-8-10-27-11-9-25/h2-7,12H,8-11H2,1H3,(H,24,26). The number of benzene rings is 1. The molecule has 0 aliphatic carbocycles. The van der Waals surface area contributed by atoms with Gasteiger partial charge in [0.25, 0.3) is 5.91 Å². The van der Waals surface area contributed by atoms with Gasteiger partial charge in [-0.3, -0.25) is 9.78 Å². The fourth-order valence-corrected chi connectivity index (χ4v) is 4.18. The van der Waals surface area contributed by atoms with E-state index < -0.39 is 0 Å². The van der Waals surface area contributed by atoms with Crippen LogP contribution in [0, 0.1) is 6.92 Å². The zero-order chi connectivity index (χ0) is 19.5. The van der Waals surface area contributed by atoms with Gasteiger partial charge in [0.05, 0.1) is 36.0 Å². The molecule has 1 aliphatic heterocycles. The largest absolute Gasteiger partial charge is 0.378 e. The third-order valence-corrected chi connectivity index (χ3v) is 5.86. The number of thiazole rings is 1. The second kappa shape index (κ2) is 8.26. The molecule has 0 spiro atoms. The second-order valence-electron chi connectivity index (χ2n) is 6.36. The quantitative estimate of drug-likeness (QED) is 0.691. The number of halogens is 1. The van der Waals surface area contributed by atoms with Gasteiger partial charge in [0, 0.05) is 24.3 Å². The number of amides is 1. The summed E-state index contributed by atoms with van der Waals surface area (Å²) in [5, 5.41) is 4.31. The second-order valence-corrected chi connectivity index (χ2v) is 7.80. The predicted molar refractivity (Wildman–Crippen MR) is 113 cm³/mol. The number of aryl methyl sites for hydroxylation is 1. The van der Waals surface area contributed by atoms with Crippen molar-refractivity contribution >= 4 is 40.2 Å². The van der Waals surface area contributed by atoms with E-state index in [9.17, 15) is 4.79 Å². The number of rotatable bonds is 4. The van der Waals surface area contributed by atoms with Crippen molar-refractivity contribution in [1.29, 1.82) is 0 Å². The number of hydrogen-bond acceptors (Lipinski definition) is 6. The van der Waals surface area contributed by atoms with Crippen molar-refractivity contribution in [3.8, 4) is 10.7 Å². The fraction of sp³-hybridized carbons (Fsp3) is 0.250. The summed E-state index contributed by atoms with van der Waals surface area (Å²) in [6.07, 6.45) is 1.71. The van der Waals surface area contributed by atoms with E-state index >= 15 is 0 Å². The van der Waals surface area contributed by atoms with Crippen LogP contribution in [0.4, 0.5) is 11.4 Å². The van der Waals surface area contributed by atoms with Crippen molar-refractivity contribution in [2.24, 2.45) is 0 Å². The molecule has 0 unspecified atom stereocenters. The molecular formula is C20H19ClN4O2S. The Morgan fingerprint density at radius 3 is 2.82 bits per heavy atom. The number of morpholine rings is 1. The summed E-state index contributed by atoms with van der Waals surface area (Å²) in [4.78, 5) is 24.6. The lowest BCUT2D eigenvalue weighted by atomic mass is 10.2. The highest BCUT2D eigenvalue weighted by Gasteiger charge is 2.20. The van der Waals surface area contributed by atoms with Crippen LogP contribution in [0.1, 0.15) is 15.4 Å². The molecule has 1 saturated heterocycles. The summed E-state index contributed by atoms with van der Waals surface area (Å²) in [5.74, 6) is -0.200. The number of pyridine rings is 1. The van der Waals surface area contributed by atoms with Crippen molar-refractivity contribution in [3.05, 3.63) is 58.2 Å². The number of ether oxygens (including phenoxy) is 1. The molecule has 3 heterocycles. The first-order valence-corrected chi connectivity index (χ1v) is 10.1. The van der Waals surface area contributed by atoms with Gasteiger partial charge < -0.3 is 15.0 Å². The Bertz CT molecular complexity index is 987. The van der Waals surface area contributed by atoms with Gasteiger partial charge in [-0.05, 0) is 37.3 Å². The zero-order valence-corrected chi connectivity index (χ0v) is 16.9. The van der Waals surface area contributed by atoms with Gasteiger partial charge in [0.1, 0.15) is 9.88 Å². The lowest BCUT2D eigenvalue weighted by molar-refractivity contribution is 0.103. The van der Waals surface area contributed by atoms with Crippen molar-refractivity contribution in [3.63, 3.8) is 0 Å². The van der Waals surface area contributed by atoms with Gasteiger partial charge in [-0.25, -0.2) is 4.98 Å². The molecule has 2 aromatic heterocycles. The van der Waals surface area contributed by atoms with Crippen molar-refractivity contribution in [2.75, 3.05) is 36.5 Å². The third-order valence-electron chi connectivity index (χ3n) is 4.45. The topological polar surface area (TPSA) is 67.4 Å². The Morgan fingerprint density at radius 2 is 2.07 bits per heavy atom. The number of carbonyl (C=O) groups is 1. The Morgan fingerprint density at radius 1 is 1.25 bits per heavy atom. The maximum atomic E-state index is 13.0. The maximum absolute atomic E-state index is 13.0. The van der Waals surface area contributed by atoms with Crippen LogP contribution in [0.5, 0.6) is 0 Å². The molecule has 0 radical (unpaired) electrons. The van der Waals surface area contributed by atoms with Crippen LogP contribution >= 0.6 is 22.9 Å². The number of nitrogens with one attached hydrogen (secondary N) is 1. The predicted octanol–water partition coefficient (Wildman–Crippen LogP) is 4.26. The lowest BCUT2D eigenvalue weighted by Crippen LogP contribution is -2.36. The van der Waals surface area contributed by atoms with E-state index in [4.69, 9.17) is 16.3 Å². The Hall–Kier alpha value is -2.48. The van der Waals surface area contributed by atoms with E-state index in [1.54, 1.807) is 12.3 Å². The number of aromatic nitrogens is 2. The van der Waals surface area contributed by atoms with E-state index in [0.29, 0.717) is 34.5 Å². The third kappa shape index (κ3) is 4.01. The molecule has 28 heavy (non-hydrogen) atoms. The average Bonchev–Trinajstić information content (AvgIpc) is 3.11. The van der Waals surface area contributed by atoms with E-state index in [-0.39, 0.29) is 5.91 Å². The van der Waals surface area contributed by atoms with Crippen molar-refractivity contribution in [1.82, 2.24) is 9.97 Å². The van der Waals surface area contributed by atoms with Crippen LogP contribution in [0.3, 0.4) is 0 Å². The van der Waals surface area contributed by atoms with Crippen LogP contribution in [0.2, 0.25) is 5.02 Å². The van der Waals surface area contributed by atoms with Crippen molar-refractivity contribution in [2.45, 2.75) is 6.92 Å². The van der Waals surface area contributed by atoms with Crippen LogP contribution < -0.4 is 10.2 Å². The molecule has 1 amide bonds. The molecule has 1 aromatic carbocycles. The molecule has 0 bridgehead atoms. The first-order valence-electron chi connectivity index (χ1n) is 8.94. The minimum absolute atomic E-state index is 0.200. The SMILES string of the molecule is Cc1nc(-c2ccccn2)sc1C(=O)Nc1cc(Cl)ccc1N1CCOCC1. The normalized spacial score (nSPS) is 14.1. The molecular weight excluding hydrogens is 396 g/mol. The van der Waals surface area contributed by atoms with Crippen molar-refractivity contribution < 1.29 is 9.53 Å². The first-order chi connectivity index (χ1) is 13.6. The van der Waals surface area contributed by atoms with Gasteiger partial charge in [-0.15, -0.1) is 11.3 Å². The molecule has 1 fully saturated rings. The lowest BCUT2D eigenvalue weighted by Gasteiger charge is -2.30. The molecule has 1 aliphatic rings. The summed E-state index contributed by atoms with van der Waals surface area (Å²) in [6, 6.07) is 11.2. The Labute approximate surface area is 172 Å². The van der Waals surface area contributed by atoms with Crippen LogP contribution in [0.25, 0.3) is 10.7 Å². The van der Waals surface area contributed by atoms with Gasteiger partial charge in [0.2, 0.25) is 0 Å². The maximum Gasteiger partial charge on any atom is 0.267 e. The number of carbonyl (C=O) groups excluding carboxylic acids is 1. The smallest absolute Gasteiger partial charge is 0.267 e. The van der Waals surface area contributed by atoms with E-state index in [1.807, 2.05) is 37.3 Å². The van der Waals surface area contributed by atoms with Gasteiger partial charge in [-0.2, -0.15) is 0 Å². The highest BCUT2D eigenvalue weighted by atomic mass is 35.5. The van der Waals surface area contributed by atoms with E-state index in [2.05, 4.69) is 20.2 Å². The summed E-state index contributed by atoms with van der Waals surface area (Å²) >= 11 is 7.52. The number of anilines is 2. The monoisotopic (exact) mass is 414 g/mol. The molecule has 0 atom stereocenters. The molecule has 4 rings (SSSR count). The first kappa shape index (κ1) is 18.9. The summed E-state index contributed by atoms with van der Waals surface area (Å²) < 4.78 is 5.43. The van der Waals surface area contributed by atoms with Gasteiger partial charge in [-0.1, -0.05) is 17.7 Å².